The molecule has 0 N–H and O–H groups in total. The van der Waals surface area contributed by atoms with Crippen LogP contribution in [0, 0.1) is 6.92 Å². The average molecular weight is 341 g/mol. The van der Waals surface area contributed by atoms with E-state index in [9.17, 15) is 0 Å². The summed E-state index contributed by atoms with van der Waals surface area (Å²) in [7, 11) is 0. The van der Waals surface area contributed by atoms with E-state index in [1.807, 2.05) is 0 Å². The number of nitrogens with zero attached hydrogens (tertiary/aromatic N) is 1. The number of aryl methyl sites for hydroxylation is 1. The Balaban J connectivity index is 1.69. The van der Waals surface area contributed by atoms with Crippen LogP contribution in [0.3, 0.4) is 0 Å². The molecular formula is C25H27N. The van der Waals surface area contributed by atoms with E-state index in [2.05, 4.69) is 104 Å². The van der Waals surface area contributed by atoms with E-state index in [1.54, 1.807) is 0 Å². The predicted octanol–water partition coefficient (Wildman–Crippen LogP) is 5.58. The van der Waals surface area contributed by atoms with E-state index >= 15 is 0 Å². The first-order valence-electron chi connectivity index (χ1n) is 9.58. The number of hydrogen-bond donors (Lipinski definition) is 0. The maximum atomic E-state index is 2.64. The second kappa shape index (κ2) is 7.09. The number of rotatable bonds is 4. The SMILES string of the molecule is Cc1ccc(CN2CC(c3ccccc3)(c3ccccc3)CC2C)cc1. The monoisotopic (exact) mass is 341 g/mol. The van der Waals surface area contributed by atoms with Gasteiger partial charge in [0.2, 0.25) is 0 Å². The highest BCUT2D eigenvalue weighted by atomic mass is 15.2. The van der Waals surface area contributed by atoms with Crippen LogP contribution in [0.25, 0.3) is 0 Å². The Morgan fingerprint density at radius 1 is 0.808 bits per heavy atom. The molecule has 3 aromatic carbocycles. The molecule has 3 aromatic rings. The molecular weight excluding hydrogens is 314 g/mol. The molecule has 0 spiro atoms. The lowest BCUT2D eigenvalue weighted by molar-refractivity contribution is 0.255. The predicted molar refractivity (Wildman–Crippen MR) is 109 cm³/mol. The van der Waals surface area contributed by atoms with E-state index in [0.29, 0.717) is 6.04 Å². The van der Waals surface area contributed by atoms with Gasteiger partial charge in [0.05, 0.1) is 0 Å². The van der Waals surface area contributed by atoms with Crippen molar-refractivity contribution in [3.63, 3.8) is 0 Å². The van der Waals surface area contributed by atoms with Crippen LogP contribution in [-0.2, 0) is 12.0 Å². The highest BCUT2D eigenvalue weighted by Gasteiger charge is 2.44. The summed E-state index contributed by atoms with van der Waals surface area (Å²) in [5.74, 6) is 0. The Labute approximate surface area is 157 Å². The molecule has 1 heteroatoms. The van der Waals surface area contributed by atoms with Crippen LogP contribution in [0.4, 0.5) is 0 Å². The summed E-state index contributed by atoms with van der Waals surface area (Å²) < 4.78 is 0. The molecule has 1 nitrogen and oxygen atoms in total. The summed E-state index contributed by atoms with van der Waals surface area (Å²) in [6, 6.07) is 31.7. The topological polar surface area (TPSA) is 3.24 Å². The molecule has 1 heterocycles. The van der Waals surface area contributed by atoms with Gasteiger partial charge in [-0.15, -0.1) is 0 Å². The van der Waals surface area contributed by atoms with Gasteiger partial charge in [-0.25, -0.2) is 0 Å². The Morgan fingerprint density at radius 3 is 1.88 bits per heavy atom. The van der Waals surface area contributed by atoms with Crippen LogP contribution in [0.5, 0.6) is 0 Å². The van der Waals surface area contributed by atoms with E-state index in [0.717, 1.165) is 19.5 Å². The van der Waals surface area contributed by atoms with Gasteiger partial charge in [0.15, 0.2) is 0 Å². The lowest BCUT2D eigenvalue weighted by Gasteiger charge is -2.31. The van der Waals surface area contributed by atoms with Gasteiger partial charge in [-0.3, -0.25) is 4.90 Å². The van der Waals surface area contributed by atoms with Crippen molar-refractivity contribution in [2.45, 2.75) is 38.3 Å². The van der Waals surface area contributed by atoms with Crippen LogP contribution in [0.1, 0.15) is 35.6 Å². The smallest absolute Gasteiger partial charge is 0.0344 e. The zero-order valence-electron chi connectivity index (χ0n) is 15.7. The quantitative estimate of drug-likeness (QED) is 0.599. The molecule has 1 atom stereocenters. The second-order valence-electron chi connectivity index (χ2n) is 7.76. The molecule has 0 aliphatic carbocycles. The van der Waals surface area contributed by atoms with Crippen molar-refractivity contribution in [2.24, 2.45) is 0 Å². The first-order chi connectivity index (χ1) is 12.7. The van der Waals surface area contributed by atoms with Crippen molar-refractivity contribution in [2.75, 3.05) is 6.54 Å². The molecule has 0 saturated carbocycles. The van der Waals surface area contributed by atoms with E-state index in [-0.39, 0.29) is 5.41 Å². The van der Waals surface area contributed by atoms with Gasteiger partial charge in [-0.05, 0) is 37.0 Å². The summed E-state index contributed by atoms with van der Waals surface area (Å²) in [5, 5.41) is 0. The van der Waals surface area contributed by atoms with Gasteiger partial charge in [0.25, 0.3) is 0 Å². The zero-order valence-corrected chi connectivity index (χ0v) is 15.7. The number of hydrogen-bond acceptors (Lipinski definition) is 1. The van der Waals surface area contributed by atoms with Crippen molar-refractivity contribution >= 4 is 0 Å². The Kier molecular flexibility index (Phi) is 4.65. The Bertz CT molecular complexity index is 797. The second-order valence-corrected chi connectivity index (χ2v) is 7.76. The molecule has 4 rings (SSSR count). The van der Waals surface area contributed by atoms with Crippen molar-refractivity contribution in [1.29, 1.82) is 0 Å². The van der Waals surface area contributed by atoms with Gasteiger partial charge in [0, 0.05) is 24.5 Å². The third-order valence-corrected chi connectivity index (χ3v) is 5.90. The molecule has 1 aliphatic heterocycles. The van der Waals surface area contributed by atoms with E-state index < -0.39 is 0 Å². The molecule has 26 heavy (non-hydrogen) atoms. The van der Waals surface area contributed by atoms with E-state index in [1.165, 1.54) is 22.3 Å². The maximum absolute atomic E-state index is 2.64. The van der Waals surface area contributed by atoms with Crippen LogP contribution < -0.4 is 0 Å². The first-order valence-corrected chi connectivity index (χ1v) is 9.58. The minimum atomic E-state index is 0.0760. The highest BCUT2D eigenvalue weighted by molar-refractivity contribution is 5.42. The fourth-order valence-corrected chi connectivity index (χ4v) is 4.44. The highest BCUT2D eigenvalue weighted by Crippen LogP contribution is 2.43. The fourth-order valence-electron chi connectivity index (χ4n) is 4.44. The lowest BCUT2D eigenvalue weighted by Crippen LogP contribution is -2.32. The van der Waals surface area contributed by atoms with Gasteiger partial charge < -0.3 is 0 Å². The van der Waals surface area contributed by atoms with Crippen molar-refractivity contribution < 1.29 is 0 Å². The first kappa shape index (κ1) is 17.1. The van der Waals surface area contributed by atoms with Crippen LogP contribution >= 0.6 is 0 Å². The van der Waals surface area contributed by atoms with Gasteiger partial charge in [0.1, 0.15) is 0 Å². The molecule has 1 aliphatic rings. The maximum Gasteiger partial charge on any atom is 0.0344 e. The van der Waals surface area contributed by atoms with Crippen molar-refractivity contribution in [3.05, 3.63) is 107 Å². The Hall–Kier alpha value is -2.38. The summed E-state index contributed by atoms with van der Waals surface area (Å²) >= 11 is 0. The number of benzene rings is 3. The zero-order chi connectivity index (χ0) is 18.0. The molecule has 0 bridgehead atoms. The van der Waals surface area contributed by atoms with Crippen molar-refractivity contribution in [3.8, 4) is 0 Å². The molecule has 0 aromatic heterocycles. The van der Waals surface area contributed by atoms with Crippen molar-refractivity contribution in [1.82, 2.24) is 4.90 Å². The molecule has 1 unspecified atom stereocenters. The largest absolute Gasteiger partial charge is 0.295 e. The molecule has 0 radical (unpaired) electrons. The van der Waals surface area contributed by atoms with E-state index in [4.69, 9.17) is 0 Å². The van der Waals surface area contributed by atoms with Gasteiger partial charge in [-0.2, -0.15) is 0 Å². The third kappa shape index (κ3) is 3.20. The molecule has 132 valence electrons. The summed E-state index contributed by atoms with van der Waals surface area (Å²) in [6.45, 7) is 6.61. The standard InChI is InChI=1S/C25H27N/c1-20-13-15-22(16-14-20)18-26-19-25(17-21(26)2,23-9-5-3-6-10-23)24-11-7-4-8-12-24/h3-16,21H,17-19H2,1-2H3. The Morgan fingerprint density at radius 2 is 1.35 bits per heavy atom. The summed E-state index contributed by atoms with van der Waals surface area (Å²) in [5.41, 5.74) is 5.67. The lowest BCUT2D eigenvalue weighted by atomic mass is 9.73. The fraction of sp³-hybridized carbons (Fsp3) is 0.280. The molecule has 0 amide bonds. The molecule has 1 fully saturated rings. The minimum Gasteiger partial charge on any atom is -0.295 e. The van der Waals surface area contributed by atoms with Crippen LogP contribution in [0.15, 0.2) is 84.9 Å². The minimum absolute atomic E-state index is 0.0760. The number of likely N-dealkylation sites (tertiary alicyclic amines) is 1. The van der Waals surface area contributed by atoms with Crippen LogP contribution in [0.2, 0.25) is 0 Å². The summed E-state index contributed by atoms with van der Waals surface area (Å²) in [6.07, 6.45) is 1.16. The summed E-state index contributed by atoms with van der Waals surface area (Å²) in [4.78, 5) is 2.64. The van der Waals surface area contributed by atoms with Crippen LogP contribution in [-0.4, -0.2) is 17.5 Å². The normalized spacial score (nSPS) is 19.5. The van der Waals surface area contributed by atoms with Gasteiger partial charge in [-0.1, -0.05) is 90.5 Å². The average Bonchev–Trinajstić information content (AvgIpc) is 3.02. The van der Waals surface area contributed by atoms with Gasteiger partial charge >= 0.3 is 0 Å². The molecule has 1 saturated heterocycles. The third-order valence-electron chi connectivity index (χ3n) is 5.90.